The molecule has 0 bridgehead atoms. The molecule has 3 amide bonds. The van der Waals surface area contributed by atoms with Crippen LogP contribution < -0.4 is 10.6 Å². The van der Waals surface area contributed by atoms with Gasteiger partial charge in [0.1, 0.15) is 29.3 Å². The topological polar surface area (TPSA) is 134 Å². The number of amides is 3. The van der Waals surface area contributed by atoms with E-state index >= 15 is 0 Å². The summed E-state index contributed by atoms with van der Waals surface area (Å²) in [6.45, 7) is 15.3. The van der Waals surface area contributed by atoms with Crippen molar-refractivity contribution in [2.24, 2.45) is 0 Å². The predicted octanol–water partition coefficient (Wildman–Crippen LogP) is 4.54. The second kappa shape index (κ2) is 15.7. The van der Waals surface area contributed by atoms with Crippen LogP contribution in [0.5, 0.6) is 0 Å². The quantitative estimate of drug-likeness (QED) is 0.300. The maximum Gasteiger partial charge on any atom is 0.408 e. The van der Waals surface area contributed by atoms with Crippen molar-refractivity contribution in [3.05, 3.63) is 70.8 Å². The van der Waals surface area contributed by atoms with E-state index in [1.54, 1.807) is 41.5 Å². The van der Waals surface area contributed by atoms with Crippen molar-refractivity contribution in [3.63, 3.8) is 0 Å². The Labute approximate surface area is 261 Å². The number of nitrogens with zero attached hydrogens (tertiary/aromatic N) is 1. The second-order valence-electron chi connectivity index (χ2n) is 12.9. The number of rotatable bonds is 12. The molecule has 0 fully saturated rings. The maximum absolute atomic E-state index is 14.4. The summed E-state index contributed by atoms with van der Waals surface area (Å²) >= 11 is 0. The van der Waals surface area contributed by atoms with Gasteiger partial charge >= 0.3 is 12.1 Å². The Morgan fingerprint density at radius 1 is 0.818 bits per heavy atom. The van der Waals surface area contributed by atoms with E-state index in [2.05, 4.69) is 10.6 Å². The molecule has 0 aliphatic carbocycles. The van der Waals surface area contributed by atoms with Gasteiger partial charge in [-0.15, -0.1) is 0 Å². The number of carbonyl (C=O) groups is 4. The molecule has 3 N–H and O–H groups in total. The van der Waals surface area contributed by atoms with Crippen LogP contribution in [0, 0.1) is 13.8 Å². The van der Waals surface area contributed by atoms with Crippen molar-refractivity contribution in [2.75, 3.05) is 13.2 Å². The van der Waals surface area contributed by atoms with E-state index in [9.17, 15) is 24.3 Å². The number of aliphatic hydroxyl groups excluding tert-OH is 1. The van der Waals surface area contributed by atoms with Crippen LogP contribution in [0.15, 0.2) is 48.5 Å². The molecule has 0 radical (unpaired) electrons. The van der Waals surface area contributed by atoms with Crippen molar-refractivity contribution in [2.45, 2.75) is 104 Å². The molecule has 10 nitrogen and oxygen atoms in total. The Kier molecular flexibility index (Phi) is 12.9. The van der Waals surface area contributed by atoms with Crippen LogP contribution >= 0.6 is 0 Å². The number of hydrogen-bond donors (Lipinski definition) is 3. The van der Waals surface area contributed by atoms with Crippen molar-refractivity contribution >= 4 is 23.9 Å². The van der Waals surface area contributed by atoms with Gasteiger partial charge in [0.15, 0.2) is 0 Å². The number of ether oxygens (including phenoxy) is 2. The van der Waals surface area contributed by atoms with Gasteiger partial charge < -0.3 is 30.1 Å². The van der Waals surface area contributed by atoms with Crippen LogP contribution in [-0.2, 0) is 30.3 Å². The van der Waals surface area contributed by atoms with Crippen LogP contribution in [-0.4, -0.2) is 70.3 Å². The third-order valence-corrected chi connectivity index (χ3v) is 6.59. The van der Waals surface area contributed by atoms with E-state index in [0.29, 0.717) is 12.0 Å². The Morgan fingerprint density at radius 3 is 1.89 bits per heavy atom. The van der Waals surface area contributed by atoms with Gasteiger partial charge in [0.2, 0.25) is 11.8 Å². The molecule has 0 aliphatic rings. The number of carbonyl (C=O) groups excluding carboxylic acids is 4. The normalized spacial score (nSPS) is 13.7. The number of hydrogen-bond acceptors (Lipinski definition) is 7. The second-order valence-corrected chi connectivity index (χ2v) is 12.9. The Morgan fingerprint density at radius 2 is 1.39 bits per heavy atom. The first-order valence-corrected chi connectivity index (χ1v) is 15.0. The molecular weight excluding hydrogens is 562 g/mol. The Hall–Kier alpha value is -3.92. The lowest BCUT2D eigenvalue weighted by Gasteiger charge is -2.36. The first-order valence-electron chi connectivity index (χ1n) is 15.0. The monoisotopic (exact) mass is 611 g/mol. The minimum Gasteiger partial charge on any atom is -0.458 e. The van der Waals surface area contributed by atoms with E-state index < -0.39 is 59.8 Å². The molecule has 242 valence electrons. The van der Waals surface area contributed by atoms with Gasteiger partial charge in [-0.3, -0.25) is 9.59 Å². The Balaban J connectivity index is 2.59. The molecule has 10 heteroatoms. The van der Waals surface area contributed by atoms with Gasteiger partial charge in [-0.1, -0.05) is 55.5 Å². The summed E-state index contributed by atoms with van der Waals surface area (Å²) in [4.78, 5) is 55.7. The third kappa shape index (κ3) is 11.0. The summed E-state index contributed by atoms with van der Waals surface area (Å²) < 4.78 is 11.0. The summed E-state index contributed by atoms with van der Waals surface area (Å²) in [5, 5.41) is 15.5. The highest BCUT2D eigenvalue weighted by atomic mass is 16.6. The van der Waals surface area contributed by atoms with Crippen molar-refractivity contribution in [3.8, 4) is 0 Å². The number of aryl methyl sites for hydroxylation is 2. The van der Waals surface area contributed by atoms with Gasteiger partial charge in [-0.05, 0) is 84.1 Å². The molecular formula is C34H49N3O7. The lowest BCUT2D eigenvalue weighted by molar-refractivity contribution is -0.159. The number of alkyl carbamates (subject to hydrolysis) is 1. The fourth-order valence-corrected chi connectivity index (χ4v) is 4.80. The van der Waals surface area contributed by atoms with Crippen molar-refractivity contribution < 1.29 is 33.8 Å². The molecule has 3 atom stereocenters. The summed E-state index contributed by atoms with van der Waals surface area (Å²) in [6.07, 6.45) is -0.227. The zero-order valence-electron chi connectivity index (χ0n) is 27.5. The first-order chi connectivity index (χ1) is 20.5. The number of nitrogens with one attached hydrogen (secondary N) is 2. The summed E-state index contributed by atoms with van der Waals surface area (Å²) in [6, 6.07) is 11.2. The van der Waals surface area contributed by atoms with E-state index in [0.717, 1.165) is 16.7 Å². The average molecular weight is 612 g/mol. The lowest BCUT2D eigenvalue weighted by atomic mass is 9.93. The smallest absolute Gasteiger partial charge is 0.408 e. The van der Waals surface area contributed by atoms with Crippen LogP contribution in [0.2, 0.25) is 0 Å². The molecule has 0 spiro atoms. The molecule has 0 heterocycles. The largest absolute Gasteiger partial charge is 0.458 e. The van der Waals surface area contributed by atoms with Gasteiger partial charge in [-0.2, -0.15) is 0 Å². The van der Waals surface area contributed by atoms with E-state index in [4.69, 9.17) is 9.47 Å². The van der Waals surface area contributed by atoms with Crippen LogP contribution in [0.25, 0.3) is 0 Å². The van der Waals surface area contributed by atoms with Gasteiger partial charge in [-0.25, -0.2) is 9.59 Å². The molecule has 0 aromatic heterocycles. The van der Waals surface area contributed by atoms with Gasteiger partial charge in [0.05, 0.1) is 6.61 Å². The minimum atomic E-state index is -1.37. The fraction of sp³-hybridized carbons (Fsp3) is 0.529. The van der Waals surface area contributed by atoms with Crippen LogP contribution in [0.1, 0.15) is 83.2 Å². The predicted molar refractivity (Wildman–Crippen MR) is 169 cm³/mol. The highest BCUT2D eigenvalue weighted by Crippen LogP contribution is 2.29. The molecule has 3 unspecified atom stereocenters. The van der Waals surface area contributed by atoms with E-state index in [1.165, 1.54) is 4.90 Å². The summed E-state index contributed by atoms with van der Waals surface area (Å²) in [5.74, 6) is -1.87. The summed E-state index contributed by atoms with van der Waals surface area (Å²) in [5.41, 5.74) is 1.30. The number of aliphatic hydroxyl groups is 1. The average Bonchev–Trinajstić information content (AvgIpc) is 2.90. The SMILES string of the molecule is CCCN(C(=O)C(CO)NC(=O)OC(C)(C)C)C(C(=O)NC(Cc1ccccc1)C(=O)OC(C)(C)C)c1c(C)cccc1C. The molecule has 0 saturated carbocycles. The van der Waals surface area contributed by atoms with E-state index in [-0.39, 0.29) is 13.0 Å². The molecule has 2 aromatic rings. The molecule has 2 rings (SSSR count). The lowest BCUT2D eigenvalue weighted by Crippen LogP contribution is -2.56. The molecule has 0 aliphatic heterocycles. The highest BCUT2D eigenvalue weighted by Gasteiger charge is 2.39. The van der Waals surface area contributed by atoms with Crippen molar-refractivity contribution in [1.82, 2.24) is 15.5 Å². The molecule has 44 heavy (non-hydrogen) atoms. The van der Waals surface area contributed by atoms with Crippen molar-refractivity contribution in [1.29, 1.82) is 0 Å². The Bertz CT molecular complexity index is 1260. The minimum absolute atomic E-state index is 0.132. The highest BCUT2D eigenvalue weighted by molar-refractivity contribution is 5.94. The first kappa shape index (κ1) is 36.3. The van der Waals surface area contributed by atoms with Crippen LogP contribution in [0.3, 0.4) is 0 Å². The zero-order valence-corrected chi connectivity index (χ0v) is 27.5. The summed E-state index contributed by atoms with van der Waals surface area (Å²) in [7, 11) is 0. The van der Waals surface area contributed by atoms with E-state index in [1.807, 2.05) is 69.3 Å². The zero-order chi connectivity index (χ0) is 33.2. The fourth-order valence-electron chi connectivity index (χ4n) is 4.80. The molecule has 2 aromatic carbocycles. The number of benzene rings is 2. The standard InChI is InChI=1S/C34H49N3O7/c1-10-19-37(30(40)26(21-38)36-32(42)44-34(7,8)9)28(27-22(2)15-14-16-23(27)3)29(39)35-25(31(41)43-33(4,5)6)20-24-17-12-11-13-18-24/h11-18,25-26,28,38H,10,19-21H2,1-9H3,(H,35,39)(H,36,42). The maximum atomic E-state index is 14.4. The van der Waals surface area contributed by atoms with Gasteiger partial charge in [0.25, 0.3) is 0 Å². The molecule has 0 saturated heterocycles. The van der Waals surface area contributed by atoms with Gasteiger partial charge in [0, 0.05) is 13.0 Å². The van der Waals surface area contributed by atoms with Crippen LogP contribution in [0.4, 0.5) is 4.79 Å². The number of esters is 1. The third-order valence-electron chi connectivity index (χ3n) is 6.59.